The number of ether oxygens (including phenoxy) is 1. The Labute approximate surface area is 111 Å². The lowest BCUT2D eigenvalue weighted by Crippen LogP contribution is -2.37. The molecule has 6 heteroatoms. The third-order valence-electron chi connectivity index (χ3n) is 2.53. The largest absolute Gasteiger partial charge is 0.465 e. The summed E-state index contributed by atoms with van der Waals surface area (Å²) < 4.78 is 4.66. The summed E-state index contributed by atoms with van der Waals surface area (Å²) >= 11 is 0. The van der Waals surface area contributed by atoms with E-state index in [4.69, 9.17) is 0 Å². The first-order valence-electron chi connectivity index (χ1n) is 5.65. The minimum Gasteiger partial charge on any atom is -0.465 e. The zero-order valence-corrected chi connectivity index (χ0v) is 11.1. The second-order valence-electron chi connectivity index (χ2n) is 3.87. The van der Waals surface area contributed by atoms with Crippen LogP contribution in [0.3, 0.4) is 0 Å². The lowest BCUT2D eigenvalue weighted by Gasteiger charge is -2.19. The van der Waals surface area contributed by atoms with Crippen molar-refractivity contribution in [1.82, 2.24) is 5.32 Å². The first kappa shape index (κ1) is 14.7. The Hall–Kier alpha value is -2.37. The maximum absolute atomic E-state index is 11.9. The molecule has 0 saturated carbocycles. The van der Waals surface area contributed by atoms with Crippen LogP contribution in [0.4, 0.5) is 5.69 Å². The predicted octanol–water partition coefficient (Wildman–Crippen LogP) is 0.572. The van der Waals surface area contributed by atoms with Crippen LogP contribution >= 0.6 is 0 Å². The fourth-order valence-corrected chi connectivity index (χ4v) is 1.50. The average Bonchev–Trinajstić information content (AvgIpc) is 2.42. The minimum absolute atomic E-state index is 0.124. The molecule has 102 valence electrons. The number of benzene rings is 1. The van der Waals surface area contributed by atoms with E-state index in [1.165, 1.54) is 26.0 Å². The van der Waals surface area contributed by atoms with Gasteiger partial charge < -0.3 is 15.0 Å². The molecule has 6 nitrogen and oxygen atoms in total. The van der Waals surface area contributed by atoms with Crippen molar-refractivity contribution in [2.24, 2.45) is 0 Å². The monoisotopic (exact) mass is 264 g/mol. The standard InChI is InChI=1S/C13H16N2O4/c1-9(16)14-8-12(17)15(2)11-7-5-4-6-10(11)13(18)19-3/h4-7H,8H2,1-3H3,(H,14,16). The maximum atomic E-state index is 11.9. The van der Waals surface area contributed by atoms with Crippen molar-refractivity contribution < 1.29 is 19.1 Å². The van der Waals surface area contributed by atoms with Crippen LogP contribution in [0.25, 0.3) is 0 Å². The molecule has 1 aromatic rings. The van der Waals surface area contributed by atoms with Crippen molar-refractivity contribution in [3.63, 3.8) is 0 Å². The summed E-state index contributed by atoms with van der Waals surface area (Å²) in [7, 11) is 2.81. The number of esters is 1. The molecule has 19 heavy (non-hydrogen) atoms. The van der Waals surface area contributed by atoms with Crippen molar-refractivity contribution in [3.05, 3.63) is 29.8 Å². The van der Waals surface area contributed by atoms with E-state index in [9.17, 15) is 14.4 Å². The number of carbonyl (C=O) groups excluding carboxylic acids is 3. The number of methoxy groups -OCH3 is 1. The number of likely N-dealkylation sites (N-methyl/N-ethyl adjacent to an activating group) is 1. The molecule has 0 aliphatic heterocycles. The van der Waals surface area contributed by atoms with E-state index in [0.717, 1.165) is 0 Å². The van der Waals surface area contributed by atoms with Gasteiger partial charge in [0.25, 0.3) is 0 Å². The fraction of sp³-hybridized carbons (Fsp3) is 0.308. The van der Waals surface area contributed by atoms with Crippen LogP contribution in [-0.4, -0.2) is 38.5 Å². The van der Waals surface area contributed by atoms with Gasteiger partial charge in [-0.3, -0.25) is 9.59 Å². The third-order valence-corrected chi connectivity index (χ3v) is 2.53. The van der Waals surface area contributed by atoms with Crippen LogP contribution in [0.1, 0.15) is 17.3 Å². The Kier molecular flexibility index (Phi) is 5.05. The maximum Gasteiger partial charge on any atom is 0.339 e. The number of amides is 2. The summed E-state index contributed by atoms with van der Waals surface area (Å²) in [4.78, 5) is 35.5. The first-order chi connectivity index (χ1) is 8.97. The predicted molar refractivity (Wildman–Crippen MR) is 69.9 cm³/mol. The van der Waals surface area contributed by atoms with Gasteiger partial charge in [0.05, 0.1) is 24.9 Å². The van der Waals surface area contributed by atoms with Crippen LogP contribution in [0, 0.1) is 0 Å². The molecule has 0 spiro atoms. The highest BCUT2D eigenvalue weighted by Gasteiger charge is 2.18. The van der Waals surface area contributed by atoms with Gasteiger partial charge in [-0.2, -0.15) is 0 Å². The Bertz CT molecular complexity index is 499. The van der Waals surface area contributed by atoms with Crippen LogP contribution < -0.4 is 10.2 Å². The number of nitrogens with zero attached hydrogens (tertiary/aromatic N) is 1. The third kappa shape index (κ3) is 3.80. The Morgan fingerprint density at radius 1 is 1.26 bits per heavy atom. The highest BCUT2D eigenvalue weighted by molar-refractivity contribution is 6.03. The minimum atomic E-state index is -0.519. The fourth-order valence-electron chi connectivity index (χ4n) is 1.50. The summed E-state index contributed by atoms with van der Waals surface area (Å²) in [5.74, 6) is -1.13. The van der Waals surface area contributed by atoms with Gasteiger partial charge in [0, 0.05) is 14.0 Å². The molecular formula is C13H16N2O4. The molecule has 1 N–H and O–H groups in total. The summed E-state index contributed by atoms with van der Waals surface area (Å²) in [6.07, 6.45) is 0. The molecule has 0 aliphatic carbocycles. The summed E-state index contributed by atoms with van der Waals surface area (Å²) in [5.41, 5.74) is 0.730. The van der Waals surface area contributed by atoms with Gasteiger partial charge >= 0.3 is 5.97 Å². The van der Waals surface area contributed by atoms with Gasteiger partial charge in [-0.1, -0.05) is 12.1 Å². The molecule has 2 amide bonds. The molecule has 1 rings (SSSR count). The van der Waals surface area contributed by atoms with Gasteiger partial charge in [0.15, 0.2) is 0 Å². The summed E-state index contributed by atoms with van der Waals surface area (Å²) in [5, 5.41) is 2.41. The van der Waals surface area contributed by atoms with Gasteiger partial charge in [-0.15, -0.1) is 0 Å². The van der Waals surface area contributed by atoms with Crippen molar-refractivity contribution in [3.8, 4) is 0 Å². The zero-order valence-electron chi connectivity index (χ0n) is 11.1. The van der Waals surface area contributed by atoms with Crippen molar-refractivity contribution >= 4 is 23.5 Å². The van der Waals surface area contributed by atoms with E-state index in [2.05, 4.69) is 10.1 Å². The number of carbonyl (C=O) groups is 3. The van der Waals surface area contributed by atoms with Crippen molar-refractivity contribution in [1.29, 1.82) is 0 Å². The molecule has 0 fully saturated rings. The molecule has 0 unspecified atom stereocenters. The molecule has 1 aromatic carbocycles. The zero-order chi connectivity index (χ0) is 14.4. The molecule has 0 saturated heterocycles. The van der Waals surface area contributed by atoms with E-state index < -0.39 is 5.97 Å². The highest BCUT2D eigenvalue weighted by atomic mass is 16.5. The van der Waals surface area contributed by atoms with E-state index in [-0.39, 0.29) is 18.4 Å². The number of hydrogen-bond donors (Lipinski definition) is 1. The molecular weight excluding hydrogens is 248 g/mol. The number of para-hydroxylation sites is 1. The van der Waals surface area contributed by atoms with Crippen LogP contribution in [0.5, 0.6) is 0 Å². The van der Waals surface area contributed by atoms with Crippen molar-refractivity contribution in [2.45, 2.75) is 6.92 Å². The van der Waals surface area contributed by atoms with Crippen molar-refractivity contribution in [2.75, 3.05) is 25.6 Å². The number of rotatable bonds is 4. The second-order valence-corrected chi connectivity index (χ2v) is 3.87. The first-order valence-corrected chi connectivity index (χ1v) is 5.65. The van der Waals surface area contributed by atoms with Crippen LogP contribution in [0.15, 0.2) is 24.3 Å². The number of hydrogen-bond acceptors (Lipinski definition) is 4. The molecule has 0 radical (unpaired) electrons. The lowest BCUT2D eigenvalue weighted by atomic mass is 10.1. The van der Waals surface area contributed by atoms with E-state index in [1.807, 2.05) is 0 Å². The van der Waals surface area contributed by atoms with Gasteiger partial charge in [0.2, 0.25) is 11.8 Å². The molecule has 0 aromatic heterocycles. The molecule has 0 atom stereocenters. The smallest absolute Gasteiger partial charge is 0.339 e. The Morgan fingerprint density at radius 2 is 1.89 bits per heavy atom. The SMILES string of the molecule is COC(=O)c1ccccc1N(C)C(=O)CNC(C)=O. The number of anilines is 1. The molecule has 0 heterocycles. The Morgan fingerprint density at radius 3 is 2.47 bits per heavy atom. The van der Waals surface area contributed by atoms with Crippen LogP contribution in [0.2, 0.25) is 0 Å². The van der Waals surface area contributed by atoms with E-state index in [1.54, 1.807) is 24.3 Å². The van der Waals surface area contributed by atoms with Gasteiger partial charge in [-0.25, -0.2) is 4.79 Å². The molecule has 0 bridgehead atoms. The summed E-state index contributed by atoms with van der Waals surface area (Å²) in [6.45, 7) is 1.21. The quantitative estimate of drug-likeness (QED) is 0.807. The summed E-state index contributed by atoms with van der Waals surface area (Å²) in [6, 6.07) is 6.60. The lowest BCUT2D eigenvalue weighted by molar-refractivity contribution is -0.123. The number of nitrogens with one attached hydrogen (secondary N) is 1. The van der Waals surface area contributed by atoms with E-state index in [0.29, 0.717) is 11.3 Å². The second kappa shape index (κ2) is 6.53. The topological polar surface area (TPSA) is 75.7 Å². The average molecular weight is 264 g/mol. The van der Waals surface area contributed by atoms with Gasteiger partial charge in [0.1, 0.15) is 0 Å². The highest BCUT2D eigenvalue weighted by Crippen LogP contribution is 2.19. The van der Waals surface area contributed by atoms with Crippen LogP contribution in [-0.2, 0) is 14.3 Å². The van der Waals surface area contributed by atoms with E-state index >= 15 is 0 Å². The normalized spacial score (nSPS) is 9.63. The Balaban J connectivity index is 2.93. The molecule has 0 aliphatic rings. The van der Waals surface area contributed by atoms with Gasteiger partial charge in [-0.05, 0) is 12.1 Å².